The Kier molecular flexibility index (Phi) is 7.20. The SMILES string of the molecule is CCCN1CCCC(N(CCN)Cc2ccccc2)CC1. The molecule has 3 heteroatoms. The zero-order valence-electron chi connectivity index (χ0n) is 13.5. The minimum absolute atomic E-state index is 0.690. The van der Waals surface area contributed by atoms with E-state index in [4.69, 9.17) is 5.73 Å². The minimum atomic E-state index is 0.690. The molecule has 0 aliphatic carbocycles. The highest BCUT2D eigenvalue weighted by molar-refractivity contribution is 5.14. The first-order valence-electron chi connectivity index (χ1n) is 8.54. The zero-order valence-corrected chi connectivity index (χ0v) is 13.5. The van der Waals surface area contributed by atoms with Crippen molar-refractivity contribution in [1.29, 1.82) is 0 Å². The smallest absolute Gasteiger partial charge is 0.0237 e. The molecule has 1 aromatic rings. The molecule has 21 heavy (non-hydrogen) atoms. The summed E-state index contributed by atoms with van der Waals surface area (Å²) in [4.78, 5) is 5.23. The molecule has 0 radical (unpaired) electrons. The van der Waals surface area contributed by atoms with E-state index in [0.717, 1.165) is 19.6 Å². The van der Waals surface area contributed by atoms with Crippen LogP contribution in [0.25, 0.3) is 0 Å². The summed E-state index contributed by atoms with van der Waals surface area (Å²) >= 11 is 0. The predicted molar refractivity (Wildman–Crippen MR) is 90.3 cm³/mol. The van der Waals surface area contributed by atoms with E-state index >= 15 is 0 Å². The Morgan fingerprint density at radius 3 is 2.71 bits per heavy atom. The first-order valence-corrected chi connectivity index (χ1v) is 8.54. The molecule has 1 unspecified atom stereocenters. The summed E-state index contributed by atoms with van der Waals surface area (Å²) in [5, 5.41) is 0. The number of rotatable bonds is 7. The van der Waals surface area contributed by atoms with Gasteiger partial charge in [-0.2, -0.15) is 0 Å². The average molecular weight is 289 g/mol. The van der Waals surface area contributed by atoms with Crippen LogP contribution in [0.3, 0.4) is 0 Å². The van der Waals surface area contributed by atoms with Crippen LogP contribution in [-0.2, 0) is 6.54 Å². The van der Waals surface area contributed by atoms with Crippen molar-refractivity contribution in [3.63, 3.8) is 0 Å². The summed E-state index contributed by atoms with van der Waals surface area (Å²) in [6.45, 7) is 8.84. The summed E-state index contributed by atoms with van der Waals surface area (Å²) in [6, 6.07) is 11.5. The molecule has 118 valence electrons. The quantitative estimate of drug-likeness (QED) is 0.837. The van der Waals surface area contributed by atoms with Crippen LogP contribution in [0.15, 0.2) is 30.3 Å². The number of nitrogens with two attached hydrogens (primary N) is 1. The largest absolute Gasteiger partial charge is 0.329 e. The van der Waals surface area contributed by atoms with Crippen molar-refractivity contribution in [3.8, 4) is 0 Å². The van der Waals surface area contributed by atoms with Crippen LogP contribution in [0.2, 0.25) is 0 Å². The van der Waals surface area contributed by atoms with Gasteiger partial charge in [-0.15, -0.1) is 0 Å². The maximum atomic E-state index is 5.85. The van der Waals surface area contributed by atoms with Crippen LogP contribution >= 0.6 is 0 Å². The van der Waals surface area contributed by atoms with Crippen molar-refractivity contribution in [1.82, 2.24) is 9.80 Å². The third-order valence-corrected chi connectivity index (χ3v) is 4.49. The molecule has 0 bridgehead atoms. The van der Waals surface area contributed by atoms with Gasteiger partial charge in [-0.25, -0.2) is 0 Å². The minimum Gasteiger partial charge on any atom is -0.329 e. The van der Waals surface area contributed by atoms with Crippen LogP contribution in [0, 0.1) is 0 Å². The maximum Gasteiger partial charge on any atom is 0.0237 e. The number of hydrogen-bond acceptors (Lipinski definition) is 3. The Labute approximate surface area is 130 Å². The van der Waals surface area contributed by atoms with Crippen molar-refractivity contribution < 1.29 is 0 Å². The highest BCUT2D eigenvalue weighted by Gasteiger charge is 2.22. The van der Waals surface area contributed by atoms with Crippen molar-refractivity contribution in [3.05, 3.63) is 35.9 Å². The van der Waals surface area contributed by atoms with Gasteiger partial charge in [0, 0.05) is 25.7 Å². The maximum absolute atomic E-state index is 5.85. The molecule has 2 rings (SSSR count). The molecule has 1 aliphatic rings. The first-order chi connectivity index (χ1) is 10.3. The van der Waals surface area contributed by atoms with Crippen molar-refractivity contribution in [2.75, 3.05) is 32.7 Å². The lowest BCUT2D eigenvalue weighted by Crippen LogP contribution is -2.39. The van der Waals surface area contributed by atoms with Gasteiger partial charge in [0.25, 0.3) is 0 Å². The van der Waals surface area contributed by atoms with Crippen molar-refractivity contribution in [2.45, 2.75) is 45.2 Å². The second-order valence-corrected chi connectivity index (χ2v) is 6.17. The number of hydrogen-bond donors (Lipinski definition) is 1. The molecule has 3 nitrogen and oxygen atoms in total. The Bertz CT molecular complexity index is 379. The normalized spacial score (nSPS) is 20.6. The second kappa shape index (κ2) is 9.19. The first kappa shape index (κ1) is 16.5. The van der Waals surface area contributed by atoms with Gasteiger partial charge in [0.15, 0.2) is 0 Å². The Hall–Kier alpha value is -0.900. The monoisotopic (exact) mass is 289 g/mol. The van der Waals surface area contributed by atoms with E-state index in [0.29, 0.717) is 6.04 Å². The summed E-state index contributed by atoms with van der Waals surface area (Å²) in [5.74, 6) is 0. The average Bonchev–Trinajstić information content (AvgIpc) is 2.74. The molecule has 0 saturated carbocycles. The molecule has 0 amide bonds. The second-order valence-electron chi connectivity index (χ2n) is 6.17. The summed E-state index contributed by atoms with van der Waals surface area (Å²) in [7, 11) is 0. The zero-order chi connectivity index (χ0) is 14.9. The van der Waals surface area contributed by atoms with Crippen LogP contribution in [0.5, 0.6) is 0 Å². The Morgan fingerprint density at radius 2 is 2.00 bits per heavy atom. The third kappa shape index (κ3) is 5.42. The fourth-order valence-electron chi connectivity index (χ4n) is 3.42. The predicted octanol–water partition coefficient (Wildman–Crippen LogP) is 2.71. The van der Waals surface area contributed by atoms with Gasteiger partial charge in [-0.3, -0.25) is 4.90 Å². The van der Waals surface area contributed by atoms with Crippen molar-refractivity contribution in [2.24, 2.45) is 5.73 Å². The molecule has 1 aliphatic heterocycles. The molecule has 1 saturated heterocycles. The van der Waals surface area contributed by atoms with Crippen LogP contribution in [-0.4, -0.2) is 48.6 Å². The van der Waals surface area contributed by atoms with Gasteiger partial charge in [0.2, 0.25) is 0 Å². The molecule has 2 N–H and O–H groups in total. The lowest BCUT2D eigenvalue weighted by molar-refractivity contribution is 0.173. The lowest BCUT2D eigenvalue weighted by atomic mass is 10.1. The van der Waals surface area contributed by atoms with Gasteiger partial charge in [-0.1, -0.05) is 37.3 Å². The molecule has 1 aromatic carbocycles. The summed E-state index contributed by atoms with van der Waals surface area (Å²) in [5.41, 5.74) is 7.26. The molecule has 1 atom stereocenters. The number of benzene rings is 1. The number of likely N-dealkylation sites (tertiary alicyclic amines) is 1. The Balaban J connectivity index is 1.94. The van der Waals surface area contributed by atoms with Crippen LogP contribution in [0.4, 0.5) is 0 Å². The van der Waals surface area contributed by atoms with E-state index in [-0.39, 0.29) is 0 Å². The van der Waals surface area contributed by atoms with Crippen LogP contribution < -0.4 is 5.73 Å². The van der Waals surface area contributed by atoms with E-state index in [1.165, 1.54) is 50.9 Å². The van der Waals surface area contributed by atoms with Crippen molar-refractivity contribution >= 4 is 0 Å². The van der Waals surface area contributed by atoms with E-state index in [1.54, 1.807) is 0 Å². The highest BCUT2D eigenvalue weighted by atomic mass is 15.2. The summed E-state index contributed by atoms with van der Waals surface area (Å²) < 4.78 is 0. The molecule has 1 fully saturated rings. The van der Waals surface area contributed by atoms with E-state index in [9.17, 15) is 0 Å². The highest BCUT2D eigenvalue weighted by Crippen LogP contribution is 2.19. The van der Waals surface area contributed by atoms with Gasteiger partial charge >= 0.3 is 0 Å². The Morgan fingerprint density at radius 1 is 1.19 bits per heavy atom. The van der Waals surface area contributed by atoms with E-state index < -0.39 is 0 Å². The molecule has 0 spiro atoms. The number of nitrogens with zero attached hydrogens (tertiary/aromatic N) is 2. The van der Waals surface area contributed by atoms with E-state index in [2.05, 4.69) is 47.1 Å². The third-order valence-electron chi connectivity index (χ3n) is 4.49. The summed E-state index contributed by atoms with van der Waals surface area (Å²) in [6.07, 6.45) is 5.18. The van der Waals surface area contributed by atoms with Gasteiger partial charge in [0.05, 0.1) is 0 Å². The lowest BCUT2D eigenvalue weighted by Gasteiger charge is -2.31. The molecule has 0 aromatic heterocycles. The van der Waals surface area contributed by atoms with E-state index in [1.807, 2.05) is 0 Å². The van der Waals surface area contributed by atoms with Gasteiger partial charge in [-0.05, 0) is 50.9 Å². The molecular weight excluding hydrogens is 258 g/mol. The molecular formula is C18H31N3. The standard InChI is InChI=1S/C18H31N3/c1-2-12-20-13-6-9-18(10-14-20)21(15-11-19)16-17-7-4-3-5-8-17/h3-5,7-8,18H,2,6,9-16,19H2,1H3. The fraction of sp³-hybridized carbons (Fsp3) is 0.667. The fourth-order valence-corrected chi connectivity index (χ4v) is 3.42. The molecule has 1 heterocycles. The van der Waals surface area contributed by atoms with Gasteiger partial charge in [0.1, 0.15) is 0 Å². The topological polar surface area (TPSA) is 32.5 Å². The van der Waals surface area contributed by atoms with Gasteiger partial charge < -0.3 is 10.6 Å². The van der Waals surface area contributed by atoms with Crippen LogP contribution in [0.1, 0.15) is 38.2 Å².